The predicted octanol–water partition coefficient (Wildman–Crippen LogP) is 3.39. The summed E-state index contributed by atoms with van der Waals surface area (Å²) in [6.07, 6.45) is 1.94. The van der Waals surface area contributed by atoms with Crippen molar-refractivity contribution in [1.82, 2.24) is 5.01 Å². The predicted molar refractivity (Wildman–Crippen MR) is 121 cm³/mol. The van der Waals surface area contributed by atoms with Gasteiger partial charge in [0.2, 0.25) is 0 Å². The van der Waals surface area contributed by atoms with Crippen LogP contribution in [-0.2, 0) is 0 Å². The van der Waals surface area contributed by atoms with E-state index in [1.54, 1.807) is 4.90 Å². The van der Waals surface area contributed by atoms with Crippen LogP contribution in [0.1, 0.15) is 29.7 Å². The van der Waals surface area contributed by atoms with Gasteiger partial charge in [-0.2, -0.15) is 5.10 Å². The first-order valence-corrected chi connectivity index (χ1v) is 10.9. The van der Waals surface area contributed by atoms with E-state index in [9.17, 15) is 0 Å². The molecule has 3 aromatic carbocycles. The Bertz CT molecular complexity index is 1010. The molecule has 4 heteroatoms. The van der Waals surface area contributed by atoms with E-state index in [0.717, 1.165) is 37.5 Å². The normalized spacial score (nSPS) is 16.6. The third kappa shape index (κ3) is 3.48. The molecule has 30 heavy (non-hydrogen) atoms. The molecule has 1 heterocycles. The van der Waals surface area contributed by atoms with Gasteiger partial charge < -0.3 is 9.64 Å². The molecule has 1 fully saturated rings. The number of hydrazone groups is 1. The van der Waals surface area contributed by atoms with Crippen LogP contribution in [0.2, 0.25) is 0 Å². The standard InChI is InChI=1S/C26H27N3O/c1-2-30-25-14-8-3-9-20(25)19-27-29-17-15-28(16-18-29)26-23-12-6-4-10-21(23)22-11-5-7-13-24(22)26/h3-14,19,26H,2,15-18H2,1H3/p+1/b27-19-. The molecule has 1 N–H and O–H groups in total. The van der Waals surface area contributed by atoms with Crippen molar-refractivity contribution in [2.75, 3.05) is 32.8 Å². The fourth-order valence-electron chi connectivity index (χ4n) is 4.80. The number of quaternary nitrogens is 1. The number of benzene rings is 3. The van der Waals surface area contributed by atoms with Gasteiger partial charge in [-0.3, -0.25) is 5.01 Å². The summed E-state index contributed by atoms with van der Waals surface area (Å²) < 4.78 is 5.71. The molecule has 2 aliphatic rings. The van der Waals surface area contributed by atoms with Crippen molar-refractivity contribution in [1.29, 1.82) is 0 Å². The van der Waals surface area contributed by atoms with E-state index in [1.807, 2.05) is 31.3 Å². The Balaban J connectivity index is 1.30. The Morgan fingerprint density at radius 2 is 1.50 bits per heavy atom. The molecule has 0 aromatic heterocycles. The van der Waals surface area contributed by atoms with Gasteiger partial charge in [-0.05, 0) is 30.2 Å². The highest BCUT2D eigenvalue weighted by atomic mass is 16.5. The van der Waals surface area contributed by atoms with E-state index in [2.05, 4.69) is 59.6 Å². The van der Waals surface area contributed by atoms with Gasteiger partial charge in [0.1, 0.15) is 11.8 Å². The zero-order valence-corrected chi connectivity index (χ0v) is 17.4. The lowest BCUT2D eigenvalue weighted by molar-refractivity contribution is -0.929. The molecule has 5 rings (SSSR count). The number of fused-ring (bicyclic) bond motifs is 3. The lowest BCUT2D eigenvalue weighted by atomic mass is 10.0. The average Bonchev–Trinajstić information content (AvgIpc) is 3.14. The molecule has 0 atom stereocenters. The summed E-state index contributed by atoms with van der Waals surface area (Å²) in [7, 11) is 0. The number of para-hydroxylation sites is 1. The van der Waals surface area contributed by atoms with Crippen LogP contribution in [0.3, 0.4) is 0 Å². The molecule has 4 nitrogen and oxygen atoms in total. The van der Waals surface area contributed by atoms with Crippen LogP contribution in [0.25, 0.3) is 11.1 Å². The first-order chi connectivity index (χ1) is 14.8. The van der Waals surface area contributed by atoms with Crippen molar-refractivity contribution in [3.8, 4) is 16.9 Å². The maximum Gasteiger partial charge on any atom is 0.140 e. The van der Waals surface area contributed by atoms with E-state index >= 15 is 0 Å². The maximum atomic E-state index is 5.71. The largest absolute Gasteiger partial charge is 0.493 e. The summed E-state index contributed by atoms with van der Waals surface area (Å²) in [5.74, 6) is 0.896. The number of ether oxygens (including phenoxy) is 1. The van der Waals surface area contributed by atoms with Crippen molar-refractivity contribution in [2.45, 2.75) is 13.0 Å². The molecule has 0 saturated carbocycles. The van der Waals surface area contributed by atoms with Gasteiger partial charge in [-0.25, -0.2) is 0 Å². The Morgan fingerprint density at radius 1 is 0.900 bits per heavy atom. The quantitative estimate of drug-likeness (QED) is 0.668. The van der Waals surface area contributed by atoms with E-state index in [0.29, 0.717) is 12.6 Å². The highest BCUT2D eigenvalue weighted by Gasteiger charge is 2.37. The zero-order chi connectivity index (χ0) is 20.3. The number of rotatable bonds is 5. The third-order valence-electron chi connectivity index (χ3n) is 6.20. The molecule has 152 valence electrons. The van der Waals surface area contributed by atoms with Crippen LogP contribution in [0.5, 0.6) is 5.75 Å². The van der Waals surface area contributed by atoms with Gasteiger partial charge in [-0.15, -0.1) is 0 Å². The summed E-state index contributed by atoms with van der Waals surface area (Å²) in [4.78, 5) is 1.63. The van der Waals surface area contributed by atoms with Crippen LogP contribution in [0.15, 0.2) is 77.9 Å². The van der Waals surface area contributed by atoms with Crippen LogP contribution >= 0.6 is 0 Å². The third-order valence-corrected chi connectivity index (χ3v) is 6.20. The van der Waals surface area contributed by atoms with Crippen molar-refractivity contribution in [2.24, 2.45) is 5.10 Å². The fourth-order valence-corrected chi connectivity index (χ4v) is 4.80. The summed E-state index contributed by atoms with van der Waals surface area (Å²) in [5, 5.41) is 6.95. The Kier molecular flexibility index (Phi) is 5.24. The minimum atomic E-state index is 0.433. The molecule has 1 saturated heterocycles. The minimum absolute atomic E-state index is 0.433. The lowest BCUT2D eigenvalue weighted by Gasteiger charge is -2.34. The monoisotopic (exact) mass is 398 g/mol. The van der Waals surface area contributed by atoms with Gasteiger partial charge in [0, 0.05) is 16.7 Å². The van der Waals surface area contributed by atoms with E-state index in [1.165, 1.54) is 22.3 Å². The molecular formula is C26H28N3O+. The number of hydrogen-bond acceptors (Lipinski definition) is 3. The second-order valence-corrected chi connectivity index (χ2v) is 7.93. The average molecular weight is 399 g/mol. The molecule has 0 unspecified atom stereocenters. The topological polar surface area (TPSA) is 29.3 Å². The Morgan fingerprint density at radius 3 is 2.17 bits per heavy atom. The second kappa shape index (κ2) is 8.33. The summed E-state index contributed by atoms with van der Waals surface area (Å²) >= 11 is 0. The summed E-state index contributed by atoms with van der Waals surface area (Å²) in [6, 6.07) is 26.3. The highest BCUT2D eigenvalue weighted by Crippen LogP contribution is 2.41. The highest BCUT2D eigenvalue weighted by molar-refractivity contribution is 5.83. The van der Waals surface area contributed by atoms with Crippen molar-refractivity contribution in [3.05, 3.63) is 89.5 Å². The van der Waals surface area contributed by atoms with E-state index in [4.69, 9.17) is 9.84 Å². The van der Waals surface area contributed by atoms with Gasteiger partial charge in [0.15, 0.2) is 0 Å². The van der Waals surface area contributed by atoms with Crippen LogP contribution < -0.4 is 9.64 Å². The number of nitrogens with one attached hydrogen (secondary N) is 1. The van der Waals surface area contributed by atoms with Crippen LogP contribution in [0.4, 0.5) is 0 Å². The number of hydrogen-bond donors (Lipinski definition) is 1. The van der Waals surface area contributed by atoms with E-state index < -0.39 is 0 Å². The van der Waals surface area contributed by atoms with Gasteiger partial charge in [0.25, 0.3) is 0 Å². The lowest BCUT2D eigenvalue weighted by Crippen LogP contribution is -3.14. The van der Waals surface area contributed by atoms with Gasteiger partial charge in [0.05, 0.1) is 39.0 Å². The van der Waals surface area contributed by atoms with Crippen molar-refractivity contribution < 1.29 is 9.64 Å². The van der Waals surface area contributed by atoms with Crippen LogP contribution in [0, 0.1) is 0 Å². The summed E-state index contributed by atoms with van der Waals surface area (Å²) in [5.41, 5.74) is 6.78. The SMILES string of the molecule is CCOc1ccccc1/C=N\N1CC[NH+](C2c3ccccc3-c3ccccc32)CC1. The van der Waals surface area contributed by atoms with Crippen LogP contribution in [-0.4, -0.2) is 44.0 Å². The zero-order valence-electron chi connectivity index (χ0n) is 17.4. The smallest absolute Gasteiger partial charge is 0.140 e. The molecule has 0 bridgehead atoms. The van der Waals surface area contributed by atoms with Gasteiger partial charge in [-0.1, -0.05) is 60.7 Å². The molecule has 3 aromatic rings. The minimum Gasteiger partial charge on any atom is -0.493 e. The maximum absolute atomic E-state index is 5.71. The van der Waals surface area contributed by atoms with E-state index in [-0.39, 0.29) is 0 Å². The Hall–Kier alpha value is -3.11. The first kappa shape index (κ1) is 18.9. The molecule has 1 aliphatic heterocycles. The molecule has 0 spiro atoms. The molecular weight excluding hydrogens is 370 g/mol. The first-order valence-electron chi connectivity index (χ1n) is 10.9. The van der Waals surface area contributed by atoms with Gasteiger partial charge >= 0.3 is 0 Å². The molecule has 0 radical (unpaired) electrons. The number of piperazine rings is 1. The summed E-state index contributed by atoms with van der Waals surface area (Å²) in [6.45, 7) is 6.76. The second-order valence-electron chi connectivity index (χ2n) is 7.93. The molecule has 1 aliphatic carbocycles. The number of nitrogens with zero attached hydrogens (tertiary/aromatic N) is 2. The fraction of sp³-hybridized carbons (Fsp3) is 0.269. The Labute approximate surface area is 178 Å². The molecule has 0 amide bonds. The van der Waals surface area contributed by atoms with Crippen molar-refractivity contribution in [3.63, 3.8) is 0 Å². The van der Waals surface area contributed by atoms with Crippen molar-refractivity contribution >= 4 is 6.21 Å².